The maximum absolute atomic E-state index is 9.35. The summed E-state index contributed by atoms with van der Waals surface area (Å²) < 4.78 is 5.38. The van der Waals surface area contributed by atoms with Crippen molar-refractivity contribution in [3.8, 4) is 0 Å². The quantitative estimate of drug-likeness (QED) is 0.783. The minimum atomic E-state index is -0.111. The highest BCUT2D eigenvalue weighted by atomic mass is 16.5. The molecule has 1 aliphatic rings. The molecule has 2 rings (SSSR count). The number of nitrogens with zero attached hydrogens (tertiary/aromatic N) is 3. The van der Waals surface area contributed by atoms with Crippen molar-refractivity contribution < 1.29 is 9.84 Å². The van der Waals surface area contributed by atoms with Gasteiger partial charge in [-0.25, -0.2) is 9.97 Å². The zero-order valence-electron chi connectivity index (χ0n) is 12.5. The molecule has 2 N–H and O–H groups in total. The first kappa shape index (κ1) is 15.0. The Balaban J connectivity index is 2.04. The van der Waals surface area contributed by atoms with Crippen LogP contribution >= 0.6 is 0 Å². The predicted molar refractivity (Wildman–Crippen MR) is 78.9 cm³/mol. The SMILES string of the molecule is CCOCc1nc(NC)cc(N(C)CC2CC(O)C2)n1. The number of ether oxygens (including phenoxy) is 1. The maximum atomic E-state index is 9.35. The van der Waals surface area contributed by atoms with Gasteiger partial charge in [0.2, 0.25) is 0 Å². The molecule has 0 bridgehead atoms. The molecular weight excluding hydrogens is 256 g/mol. The zero-order chi connectivity index (χ0) is 14.5. The van der Waals surface area contributed by atoms with Crippen molar-refractivity contribution in [2.24, 2.45) is 5.92 Å². The Bertz CT molecular complexity index is 435. The Labute approximate surface area is 120 Å². The zero-order valence-corrected chi connectivity index (χ0v) is 12.5. The number of hydrogen-bond donors (Lipinski definition) is 2. The van der Waals surface area contributed by atoms with Gasteiger partial charge in [0.15, 0.2) is 5.82 Å². The van der Waals surface area contributed by atoms with Gasteiger partial charge in [-0.3, -0.25) is 0 Å². The van der Waals surface area contributed by atoms with Crippen LogP contribution in [0.5, 0.6) is 0 Å². The van der Waals surface area contributed by atoms with Gasteiger partial charge in [0.1, 0.15) is 18.2 Å². The first-order valence-corrected chi connectivity index (χ1v) is 7.15. The van der Waals surface area contributed by atoms with Gasteiger partial charge in [0.25, 0.3) is 0 Å². The van der Waals surface area contributed by atoms with Gasteiger partial charge in [0.05, 0.1) is 6.10 Å². The van der Waals surface area contributed by atoms with Gasteiger partial charge in [-0.15, -0.1) is 0 Å². The normalized spacial score (nSPS) is 21.4. The average Bonchev–Trinajstić information content (AvgIpc) is 2.42. The van der Waals surface area contributed by atoms with E-state index < -0.39 is 0 Å². The molecule has 6 nitrogen and oxygen atoms in total. The van der Waals surface area contributed by atoms with Crippen LogP contribution in [0.4, 0.5) is 11.6 Å². The minimum Gasteiger partial charge on any atom is -0.393 e. The lowest BCUT2D eigenvalue weighted by Gasteiger charge is -2.34. The number of aliphatic hydroxyl groups excluding tert-OH is 1. The molecule has 0 aliphatic heterocycles. The van der Waals surface area contributed by atoms with Crippen molar-refractivity contribution in [1.29, 1.82) is 0 Å². The van der Waals surface area contributed by atoms with Crippen LogP contribution < -0.4 is 10.2 Å². The second-order valence-corrected chi connectivity index (χ2v) is 5.29. The van der Waals surface area contributed by atoms with Crippen LogP contribution in [0.25, 0.3) is 0 Å². The van der Waals surface area contributed by atoms with Gasteiger partial charge >= 0.3 is 0 Å². The molecule has 0 amide bonds. The topological polar surface area (TPSA) is 70.5 Å². The molecule has 1 aromatic heterocycles. The van der Waals surface area contributed by atoms with Crippen molar-refractivity contribution >= 4 is 11.6 Å². The summed E-state index contributed by atoms with van der Waals surface area (Å²) in [6.45, 7) is 3.94. The average molecular weight is 280 g/mol. The molecule has 0 saturated heterocycles. The van der Waals surface area contributed by atoms with Crippen molar-refractivity contribution in [3.05, 3.63) is 11.9 Å². The Morgan fingerprint density at radius 2 is 2.20 bits per heavy atom. The molecule has 112 valence electrons. The Kier molecular flexibility index (Phi) is 5.14. The largest absolute Gasteiger partial charge is 0.393 e. The number of anilines is 2. The van der Waals surface area contributed by atoms with Gasteiger partial charge < -0.3 is 20.1 Å². The van der Waals surface area contributed by atoms with E-state index in [4.69, 9.17) is 4.74 Å². The van der Waals surface area contributed by atoms with Crippen LogP contribution in [0.3, 0.4) is 0 Å². The fraction of sp³-hybridized carbons (Fsp3) is 0.714. The fourth-order valence-electron chi connectivity index (χ4n) is 2.40. The number of rotatable bonds is 7. The van der Waals surface area contributed by atoms with Crippen LogP contribution in [0.2, 0.25) is 0 Å². The van der Waals surface area contributed by atoms with E-state index in [-0.39, 0.29) is 6.10 Å². The van der Waals surface area contributed by atoms with E-state index >= 15 is 0 Å². The highest BCUT2D eigenvalue weighted by Gasteiger charge is 2.28. The lowest BCUT2D eigenvalue weighted by atomic mass is 9.82. The molecule has 0 spiro atoms. The molecule has 1 saturated carbocycles. The van der Waals surface area contributed by atoms with E-state index in [0.717, 1.165) is 31.0 Å². The van der Waals surface area contributed by atoms with Crippen LogP contribution in [-0.4, -0.2) is 48.4 Å². The lowest BCUT2D eigenvalue weighted by Crippen LogP contribution is -2.37. The molecule has 0 aromatic carbocycles. The summed E-state index contributed by atoms with van der Waals surface area (Å²) in [4.78, 5) is 11.0. The third kappa shape index (κ3) is 3.80. The van der Waals surface area contributed by atoms with Crippen molar-refractivity contribution in [2.75, 3.05) is 37.5 Å². The summed E-state index contributed by atoms with van der Waals surface area (Å²) in [5.41, 5.74) is 0. The van der Waals surface area contributed by atoms with Crippen LogP contribution in [0, 0.1) is 5.92 Å². The molecular formula is C14H24N4O2. The minimum absolute atomic E-state index is 0.111. The third-order valence-electron chi connectivity index (χ3n) is 3.58. The summed E-state index contributed by atoms with van der Waals surface area (Å²) in [7, 11) is 3.87. The van der Waals surface area contributed by atoms with Crippen molar-refractivity contribution in [2.45, 2.75) is 32.5 Å². The first-order chi connectivity index (χ1) is 9.62. The standard InChI is InChI=1S/C14H24N4O2/c1-4-20-9-13-16-12(15-2)7-14(17-13)18(3)8-10-5-11(19)6-10/h7,10-11,19H,4-6,8-9H2,1-3H3,(H,15,16,17). The smallest absolute Gasteiger partial charge is 0.158 e. The van der Waals surface area contributed by atoms with Gasteiger partial charge in [-0.2, -0.15) is 0 Å². The van der Waals surface area contributed by atoms with E-state index in [1.54, 1.807) is 0 Å². The predicted octanol–water partition coefficient (Wildman–Crippen LogP) is 1.26. The Morgan fingerprint density at radius 3 is 2.80 bits per heavy atom. The van der Waals surface area contributed by atoms with E-state index in [9.17, 15) is 5.11 Å². The molecule has 20 heavy (non-hydrogen) atoms. The van der Waals surface area contributed by atoms with Crippen LogP contribution in [-0.2, 0) is 11.3 Å². The summed E-state index contributed by atoms with van der Waals surface area (Å²) >= 11 is 0. The molecule has 6 heteroatoms. The fourth-order valence-corrected chi connectivity index (χ4v) is 2.40. The number of hydrogen-bond acceptors (Lipinski definition) is 6. The second kappa shape index (κ2) is 6.85. The number of nitrogens with one attached hydrogen (secondary N) is 1. The van der Waals surface area contributed by atoms with E-state index in [1.807, 2.05) is 27.1 Å². The molecule has 1 fully saturated rings. The van der Waals surface area contributed by atoms with E-state index in [1.165, 1.54) is 0 Å². The van der Waals surface area contributed by atoms with E-state index in [2.05, 4.69) is 20.2 Å². The Morgan fingerprint density at radius 1 is 1.45 bits per heavy atom. The number of aromatic nitrogens is 2. The summed E-state index contributed by atoms with van der Waals surface area (Å²) in [5.74, 6) is 2.93. The third-order valence-corrected chi connectivity index (χ3v) is 3.58. The second-order valence-electron chi connectivity index (χ2n) is 5.29. The highest BCUT2D eigenvalue weighted by molar-refractivity contribution is 5.48. The van der Waals surface area contributed by atoms with Gasteiger partial charge in [-0.05, 0) is 25.7 Å². The monoisotopic (exact) mass is 280 g/mol. The molecule has 1 aliphatic carbocycles. The maximum Gasteiger partial charge on any atom is 0.158 e. The first-order valence-electron chi connectivity index (χ1n) is 7.15. The van der Waals surface area contributed by atoms with E-state index in [0.29, 0.717) is 25.0 Å². The summed E-state index contributed by atoms with van der Waals surface area (Å²) in [6.07, 6.45) is 1.67. The number of aliphatic hydroxyl groups is 1. The van der Waals surface area contributed by atoms with Crippen LogP contribution in [0.15, 0.2) is 6.07 Å². The lowest BCUT2D eigenvalue weighted by molar-refractivity contribution is 0.0464. The van der Waals surface area contributed by atoms with Gasteiger partial charge in [-0.1, -0.05) is 0 Å². The molecule has 0 radical (unpaired) electrons. The van der Waals surface area contributed by atoms with Crippen LogP contribution in [0.1, 0.15) is 25.6 Å². The van der Waals surface area contributed by atoms with Gasteiger partial charge in [0, 0.05) is 33.3 Å². The Hall–Kier alpha value is -1.40. The molecule has 0 unspecified atom stereocenters. The molecule has 1 heterocycles. The highest BCUT2D eigenvalue weighted by Crippen LogP contribution is 2.29. The van der Waals surface area contributed by atoms with Crippen molar-refractivity contribution in [3.63, 3.8) is 0 Å². The molecule has 0 atom stereocenters. The molecule has 1 aromatic rings. The summed E-state index contributed by atoms with van der Waals surface area (Å²) in [6, 6.07) is 1.94. The summed E-state index contributed by atoms with van der Waals surface area (Å²) in [5, 5.41) is 12.4. The van der Waals surface area contributed by atoms with Crippen molar-refractivity contribution in [1.82, 2.24) is 9.97 Å².